The first-order chi connectivity index (χ1) is 11.5. The first-order valence-corrected chi connectivity index (χ1v) is 8.11. The molecule has 0 radical (unpaired) electrons. The minimum atomic E-state index is -1.01. The third-order valence-corrected chi connectivity index (χ3v) is 4.75. The van der Waals surface area contributed by atoms with Crippen LogP contribution >= 0.6 is 0 Å². The van der Waals surface area contributed by atoms with Gasteiger partial charge < -0.3 is 15.8 Å². The van der Waals surface area contributed by atoms with Crippen LogP contribution in [0.5, 0.6) is 5.75 Å². The Morgan fingerprint density at radius 3 is 2.92 bits per heavy atom. The van der Waals surface area contributed by atoms with Gasteiger partial charge in [-0.15, -0.1) is 0 Å². The highest BCUT2D eigenvalue weighted by molar-refractivity contribution is 5.89. The Kier molecular flexibility index (Phi) is 4.28. The van der Waals surface area contributed by atoms with Crippen molar-refractivity contribution in [3.63, 3.8) is 0 Å². The maximum absolute atomic E-state index is 12.8. The van der Waals surface area contributed by atoms with Crippen LogP contribution in [0.15, 0.2) is 30.5 Å². The lowest BCUT2D eigenvalue weighted by atomic mass is 9.91. The van der Waals surface area contributed by atoms with Crippen LogP contribution < -0.4 is 15.8 Å². The number of carbonyl (C=O) groups excluding carboxylic acids is 1. The van der Waals surface area contributed by atoms with Crippen molar-refractivity contribution in [2.24, 2.45) is 5.73 Å². The Labute approximate surface area is 142 Å². The molecular formula is C19H23N3O2. The van der Waals surface area contributed by atoms with Crippen LogP contribution in [-0.4, -0.2) is 18.0 Å². The van der Waals surface area contributed by atoms with E-state index in [0.717, 1.165) is 40.1 Å². The molecule has 5 nitrogen and oxygen atoms in total. The molecule has 1 aliphatic carbocycles. The predicted molar refractivity (Wildman–Crippen MR) is 92.7 cm³/mol. The van der Waals surface area contributed by atoms with E-state index < -0.39 is 5.54 Å². The fourth-order valence-corrected chi connectivity index (χ4v) is 3.38. The molecule has 0 fully saturated rings. The molecule has 0 bridgehead atoms. The number of hydrogen-bond acceptors (Lipinski definition) is 4. The molecule has 126 valence electrons. The van der Waals surface area contributed by atoms with E-state index in [1.54, 1.807) is 7.11 Å². The van der Waals surface area contributed by atoms with Gasteiger partial charge in [0.15, 0.2) is 0 Å². The lowest BCUT2D eigenvalue weighted by molar-refractivity contribution is -0.126. The van der Waals surface area contributed by atoms with E-state index in [0.29, 0.717) is 13.0 Å². The molecule has 1 aliphatic rings. The molecule has 3 rings (SSSR count). The summed E-state index contributed by atoms with van der Waals surface area (Å²) in [7, 11) is 1.64. The lowest BCUT2D eigenvalue weighted by Gasteiger charge is -2.24. The van der Waals surface area contributed by atoms with Crippen LogP contribution in [-0.2, 0) is 23.3 Å². The van der Waals surface area contributed by atoms with Crippen LogP contribution in [0.3, 0.4) is 0 Å². The van der Waals surface area contributed by atoms with Crippen molar-refractivity contribution in [3.05, 3.63) is 58.4 Å². The number of amides is 1. The minimum Gasteiger partial charge on any atom is -0.496 e. The molecule has 1 amide bonds. The largest absolute Gasteiger partial charge is 0.496 e. The predicted octanol–water partition coefficient (Wildman–Crippen LogP) is 2.12. The van der Waals surface area contributed by atoms with Gasteiger partial charge >= 0.3 is 0 Å². The number of rotatable bonds is 4. The van der Waals surface area contributed by atoms with Gasteiger partial charge in [0.25, 0.3) is 0 Å². The smallest absolute Gasteiger partial charge is 0.245 e. The zero-order valence-corrected chi connectivity index (χ0v) is 14.3. The molecule has 24 heavy (non-hydrogen) atoms. The first-order valence-electron chi connectivity index (χ1n) is 8.11. The van der Waals surface area contributed by atoms with Crippen molar-refractivity contribution in [2.75, 3.05) is 7.11 Å². The fraction of sp³-hybridized carbons (Fsp3) is 0.368. The number of nitrogens with two attached hydrogens (primary N) is 1. The van der Waals surface area contributed by atoms with Gasteiger partial charge in [-0.2, -0.15) is 0 Å². The second-order valence-corrected chi connectivity index (χ2v) is 6.42. The third kappa shape index (κ3) is 2.76. The highest BCUT2D eigenvalue weighted by atomic mass is 16.5. The molecule has 5 heteroatoms. The summed E-state index contributed by atoms with van der Waals surface area (Å²) in [4.78, 5) is 17.2. The number of ether oxygens (including phenoxy) is 1. The average molecular weight is 325 g/mol. The summed E-state index contributed by atoms with van der Waals surface area (Å²) < 4.78 is 5.39. The molecule has 0 spiro atoms. The molecule has 1 aromatic carbocycles. The summed E-state index contributed by atoms with van der Waals surface area (Å²) in [5, 5.41) is 2.95. The third-order valence-electron chi connectivity index (χ3n) is 4.75. The van der Waals surface area contributed by atoms with Crippen LogP contribution in [0.25, 0.3) is 0 Å². The molecule has 0 saturated carbocycles. The van der Waals surface area contributed by atoms with E-state index in [1.807, 2.05) is 38.2 Å². The van der Waals surface area contributed by atoms with Crippen LogP contribution in [0.2, 0.25) is 0 Å². The summed E-state index contributed by atoms with van der Waals surface area (Å²) >= 11 is 0. The second-order valence-electron chi connectivity index (χ2n) is 6.42. The lowest BCUT2D eigenvalue weighted by Crippen LogP contribution is -2.49. The highest BCUT2D eigenvalue weighted by Gasteiger charge is 2.42. The van der Waals surface area contributed by atoms with Gasteiger partial charge in [0.2, 0.25) is 5.91 Å². The summed E-state index contributed by atoms with van der Waals surface area (Å²) in [6.07, 6.45) is 3.13. The van der Waals surface area contributed by atoms with Crippen molar-refractivity contribution in [1.82, 2.24) is 10.3 Å². The summed E-state index contributed by atoms with van der Waals surface area (Å²) in [6.45, 7) is 4.37. The molecule has 0 saturated heterocycles. The van der Waals surface area contributed by atoms with Crippen molar-refractivity contribution in [1.29, 1.82) is 0 Å². The number of methoxy groups -OCH3 is 1. The number of aromatic nitrogens is 1. The molecule has 1 unspecified atom stereocenters. The molecule has 1 aromatic heterocycles. The maximum atomic E-state index is 12.8. The van der Waals surface area contributed by atoms with E-state index in [-0.39, 0.29) is 5.91 Å². The molecule has 0 aliphatic heterocycles. The first kappa shape index (κ1) is 16.5. The van der Waals surface area contributed by atoms with E-state index in [1.165, 1.54) is 0 Å². The number of aryl methyl sites for hydroxylation is 2. The van der Waals surface area contributed by atoms with Crippen LogP contribution in [0.1, 0.15) is 34.4 Å². The summed E-state index contributed by atoms with van der Waals surface area (Å²) in [5.74, 6) is 0.625. The number of nitrogens with zero attached hydrogens (tertiary/aromatic N) is 1. The van der Waals surface area contributed by atoms with Crippen LogP contribution in [0, 0.1) is 13.8 Å². The Hall–Kier alpha value is -2.40. The molecular weight excluding hydrogens is 302 g/mol. The number of carbonyl (C=O) groups is 1. The van der Waals surface area contributed by atoms with Crippen molar-refractivity contribution < 1.29 is 9.53 Å². The van der Waals surface area contributed by atoms with E-state index in [4.69, 9.17) is 10.5 Å². The maximum Gasteiger partial charge on any atom is 0.245 e. The fourth-order valence-electron chi connectivity index (χ4n) is 3.38. The number of nitrogens with one attached hydrogen (secondary N) is 1. The van der Waals surface area contributed by atoms with Crippen molar-refractivity contribution in [2.45, 2.75) is 38.8 Å². The SMILES string of the molecule is COc1cccc2c1CCC2(N)C(=O)NCc1ncc(C)cc1C. The number of pyridine rings is 1. The van der Waals surface area contributed by atoms with Gasteiger partial charge in [-0.1, -0.05) is 18.2 Å². The molecule has 3 N–H and O–H groups in total. The van der Waals surface area contributed by atoms with Crippen molar-refractivity contribution >= 4 is 5.91 Å². The Bertz CT molecular complexity index is 788. The average Bonchev–Trinajstić information content (AvgIpc) is 2.92. The zero-order valence-electron chi connectivity index (χ0n) is 14.3. The zero-order chi connectivity index (χ0) is 17.3. The Morgan fingerprint density at radius 2 is 2.21 bits per heavy atom. The Balaban J connectivity index is 1.79. The van der Waals surface area contributed by atoms with Gasteiger partial charge in [-0.05, 0) is 55.0 Å². The topological polar surface area (TPSA) is 77.2 Å². The molecule has 1 heterocycles. The van der Waals surface area contributed by atoms with Gasteiger partial charge in [0, 0.05) is 6.20 Å². The van der Waals surface area contributed by atoms with Crippen LogP contribution in [0.4, 0.5) is 0 Å². The second kappa shape index (κ2) is 6.24. The van der Waals surface area contributed by atoms with Gasteiger partial charge in [-0.3, -0.25) is 9.78 Å². The molecule has 1 atom stereocenters. The van der Waals surface area contributed by atoms with E-state index >= 15 is 0 Å². The van der Waals surface area contributed by atoms with E-state index in [2.05, 4.69) is 16.4 Å². The number of benzene rings is 1. The minimum absolute atomic E-state index is 0.170. The summed E-state index contributed by atoms with van der Waals surface area (Å²) in [6, 6.07) is 7.76. The number of fused-ring (bicyclic) bond motifs is 1. The quantitative estimate of drug-likeness (QED) is 0.903. The highest BCUT2D eigenvalue weighted by Crippen LogP contribution is 2.39. The standard InChI is InChI=1S/C19H23N3O2/c1-12-9-13(2)16(21-10-12)11-22-18(23)19(20)8-7-14-15(19)5-4-6-17(14)24-3/h4-6,9-10H,7-8,11,20H2,1-3H3,(H,22,23). The van der Waals surface area contributed by atoms with Gasteiger partial charge in [0.05, 0.1) is 19.3 Å². The molecule has 2 aromatic rings. The van der Waals surface area contributed by atoms with Crippen molar-refractivity contribution in [3.8, 4) is 5.75 Å². The van der Waals surface area contributed by atoms with E-state index in [9.17, 15) is 4.79 Å². The number of hydrogen-bond donors (Lipinski definition) is 2. The Morgan fingerprint density at radius 1 is 1.42 bits per heavy atom. The normalized spacial score (nSPS) is 19.0. The summed E-state index contributed by atoms with van der Waals surface area (Å²) in [5.41, 5.74) is 10.4. The monoisotopic (exact) mass is 325 g/mol. The van der Waals surface area contributed by atoms with Gasteiger partial charge in [0.1, 0.15) is 11.3 Å². The van der Waals surface area contributed by atoms with Gasteiger partial charge in [-0.25, -0.2) is 0 Å².